The summed E-state index contributed by atoms with van der Waals surface area (Å²) in [5, 5.41) is 14.9. The van der Waals surface area contributed by atoms with Gasteiger partial charge in [-0.05, 0) is 31.6 Å². The smallest absolute Gasteiger partial charge is 0.218 e. The number of allylic oxidation sites excluding steroid dienone is 1. The lowest BCUT2D eigenvalue weighted by Crippen LogP contribution is -2.30. The van der Waals surface area contributed by atoms with Crippen LogP contribution in [-0.2, 0) is 11.3 Å². The number of rotatable bonds is 7. The van der Waals surface area contributed by atoms with Gasteiger partial charge in [-0.2, -0.15) is 4.99 Å². The molecule has 0 bridgehead atoms. The summed E-state index contributed by atoms with van der Waals surface area (Å²) in [5.74, 6) is 2.85. The molecule has 0 radical (unpaired) electrons. The quantitative estimate of drug-likeness (QED) is 0.627. The minimum atomic E-state index is 0.465. The Balaban J connectivity index is 1.36. The second-order valence-electron chi connectivity index (χ2n) is 6.72. The van der Waals surface area contributed by atoms with Gasteiger partial charge in [0.05, 0.1) is 18.2 Å². The highest BCUT2D eigenvalue weighted by Gasteiger charge is 2.40. The fourth-order valence-electron chi connectivity index (χ4n) is 3.05. The molecule has 1 fully saturated rings. The van der Waals surface area contributed by atoms with E-state index in [4.69, 9.17) is 10.1 Å². The van der Waals surface area contributed by atoms with Crippen LogP contribution in [0.1, 0.15) is 27.9 Å². The minimum Gasteiger partial charge on any atom is -0.477 e. The summed E-state index contributed by atoms with van der Waals surface area (Å²) >= 11 is 1.66. The number of pyridine rings is 1. The molecule has 1 unspecified atom stereocenters. The Morgan fingerprint density at radius 1 is 1.39 bits per heavy atom. The zero-order valence-corrected chi connectivity index (χ0v) is 16.4. The number of nitrogens with one attached hydrogen (secondary N) is 3. The van der Waals surface area contributed by atoms with Crippen molar-refractivity contribution in [2.45, 2.75) is 25.8 Å². The molecule has 0 spiro atoms. The molecule has 3 heterocycles. The zero-order valence-electron chi connectivity index (χ0n) is 15.6. The van der Waals surface area contributed by atoms with Gasteiger partial charge in [0.1, 0.15) is 11.6 Å². The van der Waals surface area contributed by atoms with Crippen molar-refractivity contribution in [2.24, 2.45) is 10.9 Å². The van der Waals surface area contributed by atoms with Gasteiger partial charge in [-0.25, -0.2) is 4.98 Å². The number of aryl methyl sites for hydroxylation is 1. The molecule has 2 aromatic heterocycles. The van der Waals surface area contributed by atoms with E-state index in [0.29, 0.717) is 36.7 Å². The van der Waals surface area contributed by atoms with Crippen LogP contribution in [0.25, 0.3) is 0 Å². The molecule has 1 saturated carbocycles. The maximum atomic E-state index is 7.31. The summed E-state index contributed by atoms with van der Waals surface area (Å²) in [7, 11) is 0. The van der Waals surface area contributed by atoms with E-state index < -0.39 is 0 Å². The van der Waals surface area contributed by atoms with Crippen LogP contribution in [0.15, 0.2) is 59.4 Å². The van der Waals surface area contributed by atoms with Gasteiger partial charge >= 0.3 is 0 Å². The predicted octanol–water partition coefficient (Wildman–Crippen LogP) is 3.09. The standard InChI is InChI=1S/C20H22N6OS/c1-13-23-10-15(28-13)11-24-19-9-20(26-18(25-19)5-6-21)27-12-14-8-16(14)17-4-2-3-7-22-17/h2-7,9-10,14,16,21,24-25H,8,11-12H2,1H3/b18-5+,21-6?/t14?,16-/m0/s1. The monoisotopic (exact) mass is 394 g/mol. The predicted molar refractivity (Wildman–Crippen MR) is 110 cm³/mol. The Morgan fingerprint density at radius 3 is 3.07 bits per heavy atom. The molecule has 0 amide bonds. The van der Waals surface area contributed by atoms with Gasteiger partial charge in [0.2, 0.25) is 5.90 Å². The first kappa shape index (κ1) is 18.4. The molecule has 0 saturated heterocycles. The van der Waals surface area contributed by atoms with Gasteiger partial charge < -0.3 is 20.8 Å². The second kappa shape index (κ2) is 8.35. The Hall–Kier alpha value is -3.00. The molecule has 2 aromatic rings. The normalized spacial score (nSPS) is 22.1. The maximum Gasteiger partial charge on any atom is 0.218 e. The van der Waals surface area contributed by atoms with Crippen molar-refractivity contribution < 1.29 is 4.74 Å². The molecule has 2 aliphatic rings. The van der Waals surface area contributed by atoms with E-state index in [1.165, 1.54) is 6.21 Å². The average Bonchev–Trinajstić information content (AvgIpc) is 3.38. The van der Waals surface area contributed by atoms with E-state index >= 15 is 0 Å². The van der Waals surface area contributed by atoms with Gasteiger partial charge in [0, 0.05) is 47.1 Å². The van der Waals surface area contributed by atoms with E-state index in [9.17, 15) is 0 Å². The average molecular weight is 395 g/mol. The lowest BCUT2D eigenvalue weighted by atomic mass is 10.2. The molecule has 7 nitrogen and oxygen atoms in total. The van der Waals surface area contributed by atoms with Gasteiger partial charge in [-0.3, -0.25) is 4.98 Å². The van der Waals surface area contributed by atoms with Gasteiger partial charge in [0.15, 0.2) is 0 Å². The Bertz CT molecular complexity index is 933. The van der Waals surface area contributed by atoms with E-state index in [1.54, 1.807) is 17.4 Å². The highest BCUT2D eigenvalue weighted by Crippen LogP contribution is 2.46. The number of hydrogen-bond acceptors (Lipinski definition) is 8. The van der Waals surface area contributed by atoms with Crippen LogP contribution in [-0.4, -0.2) is 28.7 Å². The fourth-order valence-corrected chi connectivity index (χ4v) is 3.79. The SMILES string of the molecule is Cc1ncc(CNC2=CC(OCC3C[C@@H]3c3ccccn3)=N/C(=C/C=N)N2)s1. The van der Waals surface area contributed by atoms with Crippen LogP contribution in [0.3, 0.4) is 0 Å². The number of aromatic nitrogens is 2. The third kappa shape index (κ3) is 4.64. The van der Waals surface area contributed by atoms with Crippen molar-refractivity contribution >= 4 is 23.4 Å². The van der Waals surface area contributed by atoms with Crippen LogP contribution in [0.2, 0.25) is 0 Å². The van der Waals surface area contributed by atoms with Gasteiger partial charge in [-0.1, -0.05) is 6.07 Å². The van der Waals surface area contributed by atoms with Crippen molar-refractivity contribution in [3.05, 3.63) is 70.0 Å². The molecule has 1 aliphatic heterocycles. The van der Waals surface area contributed by atoms with E-state index in [2.05, 4.69) is 31.7 Å². The maximum absolute atomic E-state index is 7.31. The van der Waals surface area contributed by atoms with E-state index in [-0.39, 0.29) is 0 Å². The number of aliphatic imine (C=N–C) groups is 1. The first-order chi connectivity index (χ1) is 13.7. The largest absolute Gasteiger partial charge is 0.477 e. The number of thiazole rings is 1. The molecular formula is C20H22N6OS. The highest BCUT2D eigenvalue weighted by atomic mass is 32.1. The summed E-state index contributed by atoms with van der Waals surface area (Å²) in [6, 6.07) is 6.03. The van der Waals surface area contributed by atoms with E-state index in [0.717, 1.165) is 27.8 Å². The molecule has 2 atom stereocenters. The molecule has 28 heavy (non-hydrogen) atoms. The Labute approximate surface area is 167 Å². The summed E-state index contributed by atoms with van der Waals surface area (Å²) < 4.78 is 5.96. The topological polar surface area (TPSA) is 95.3 Å². The molecule has 8 heteroatoms. The first-order valence-corrected chi connectivity index (χ1v) is 10.00. The summed E-state index contributed by atoms with van der Waals surface area (Å²) in [6.45, 7) is 3.27. The third-order valence-corrected chi connectivity index (χ3v) is 5.47. The summed E-state index contributed by atoms with van der Waals surface area (Å²) in [5.41, 5.74) is 1.13. The minimum absolute atomic E-state index is 0.465. The summed E-state index contributed by atoms with van der Waals surface area (Å²) in [4.78, 5) is 14.3. The van der Waals surface area contributed by atoms with Crippen molar-refractivity contribution in [2.75, 3.05) is 6.61 Å². The summed E-state index contributed by atoms with van der Waals surface area (Å²) in [6.07, 6.45) is 9.46. The van der Waals surface area contributed by atoms with Crippen LogP contribution < -0.4 is 10.6 Å². The van der Waals surface area contributed by atoms with Crippen molar-refractivity contribution in [1.82, 2.24) is 20.6 Å². The highest BCUT2D eigenvalue weighted by molar-refractivity contribution is 7.11. The number of ether oxygens (including phenoxy) is 1. The Morgan fingerprint density at radius 2 is 2.32 bits per heavy atom. The van der Waals surface area contributed by atoms with Crippen LogP contribution in [0.5, 0.6) is 0 Å². The van der Waals surface area contributed by atoms with Gasteiger partial charge in [-0.15, -0.1) is 11.3 Å². The van der Waals surface area contributed by atoms with Crippen molar-refractivity contribution in [3.63, 3.8) is 0 Å². The van der Waals surface area contributed by atoms with E-state index in [1.807, 2.05) is 37.5 Å². The molecule has 4 rings (SSSR count). The molecule has 0 aromatic carbocycles. The second-order valence-corrected chi connectivity index (χ2v) is 8.04. The Kier molecular flexibility index (Phi) is 5.48. The number of nitrogens with zero attached hydrogens (tertiary/aromatic N) is 3. The third-order valence-electron chi connectivity index (χ3n) is 4.56. The molecule has 144 valence electrons. The lowest BCUT2D eigenvalue weighted by Gasteiger charge is -2.19. The van der Waals surface area contributed by atoms with Crippen LogP contribution >= 0.6 is 11.3 Å². The van der Waals surface area contributed by atoms with Crippen molar-refractivity contribution in [1.29, 1.82) is 5.41 Å². The van der Waals surface area contributed by atoms with Crippen LogP contribution in [0, 0.1) is 18.3 Å². The zero-order chi connectivity index (χ0) is 19.3. The number of hydrogen-bond donors (Lipinski definition) is 3. The molecule has 1 aliphatic carbocycles. The lowest BCUT2D eigenvalue weighted by molar-refractivity contribution is 0.284. The molecular weight excluding hydrogens is 372 g/mol. The first-order valence-electron chi connectivity index (χ1n) is 9.18. The fraction of sp³-hybridized carbons (Fsp3) is 0.300. The van der Waals surface area contributed by atoms with Crippen LogP contribution in [0.4, 0.5) is 0 Å². The van der Waals surface area contributed by atoms with Gasteiger partial charge in [0.25, 0.3) is 0 Å². The van der Waals surface area contributed by atoms with Crippen molar-refractivity contribution in [3.8, 4) is 0 Å². The molecule has 3 N–H and O–H groups in total.